The van der Waals surface area contributed by atoms with Gasteiger partial charge in [-0.3, -0.25) is 4.90 Å². The van der Waals surface area contributed by atoms with E-state index in [2.05, 4.69) is 4.90 Å². The second kappa shape index (κ2) is 6.68. The van der Waals surface area contributed by atoms with Crippen LogP contribution >= 0.6 is 12.2 Å². The molecule has 2 rings (SSSR count). The number of hydrogen-bond acceptors (Lipinski definition) is 4. The SMILES string of the molecule is NC(=S)C1CN(CCOc2ccccc2)CCO1. The fourth-order valence-corrected chi connectivity index (χ4v) is 2.03. The van der Waals surface area contributed by atoms with Crippen LogP contribution in [0, 0.1) is 0 Å². The second-order valence-electron chi connectivity index (χ2n) is 4.22. The molecule has 0 aromatic heterocycles. The third kappa shape index (κ3) is 3.94. The molecule has 1 aliphatic rings. The summed E-state index contributed by atoms with van der Waals surface area (Å²) in [5.41, 5.74) is 5.60. The van der Waals surface area contributed by atoms with Gasteiger partial charge in [-0.05, 0) is 12.1 Å². The lowest BCUT2D eigenvalue weighted by molar-refractivity contribution is 0.00307. The lowest BCUT2D eigenvalue weighted by Crippen LogP contribution is -2.48. The number of benzene rings is 1. The largest absolute Gasteiger partial charge is 0.492 e. The summed E-state index contributed by atoms with van der Waals surface area (Å²) in [6.45, 7) is 3.85. The summed E-state index contributed by atoms with van der Waals surface area (Å²) in [7, 11) is 0. The molecule has 1 aromatic rings. The van der Waals surface area contributed by atoms with Crippen LogP contribution in [0.2, 0.25) is 0 Å². The molecule has 2 N–H and O–H groups in total. The molecule has 1 saturated heterocycles. The number of para-hydroxylation sites is 1. The lowest BCUT2D eigenvalue weighted by Gasteiger charge is -2.32. The molecule has 4 nitrogen and oxygen atoms in total. The van der Waals surface area contributed by atoms with Gasteiger partial charge in [0.05, 0.1) is 6.61 Å². The van der Waals surface area contributed by atoms with Crippen LogP contribution < -0.4 is 10.5 Å². The van der Waals surface area contributed by atoms with Crippen molar-refractivity contribution in [3.63, 3.8) is 0 Å². The van der Waals surface area contributed by atoms with Gasteiger partial charge in [0.15, 0.2) is 0 Å². The molecule has 0 radical (unpaired) electrons. The number of morpholine rings is 1. The number of nitrogens with two attached hydrogens (primary N) is 1. The number of rotatable bonds is 5. The van der Waals surface area contributed by atoms with Gasteiger partial charge in [-0.1, -0.05) is 30.4 Å². The summed E-state index contributed by atoms with van der Waals surface area (Å²) in [5, 5.41) is 0. The van der Waals surface area contributed by atoms with Crippen LogP contribution in [0.25, 0.3) is 0 Å². The van der Waals surface area contributed by atoms with Gasteiger partial charge in [0.2, 0.25) is 0 Å². The quantitative estimate of drug-likeness (QED) is 0.807. The molecule has 5 heteroatoms. The first kappa shape index (κ1) is 13.3. The standard InChI is InChI=1S/C13H18N2O2S/c14-13(18)12-10-15(7-9-17-12)6-8-16-11-4-2-1-3-5-11/h1-5,12H,6-10H2,(H2,14,18). The molecule has 18 heavy (non-hydrogen) atoms. The minimum Gasteiger partial charge on any atom is -0.492 e. The van der Waals surface area contributed by atoms with Crippen molar-refractivity contribution >= 4 is 17.2 Å². The zero-order chi connectivity index (χ0) is 12.8. The fourth-order valence-electron chi connectivity index (χ4n) is 1.89. The van der Waals surface area contributed by atoms with Gasteiger partial charge in [-0.2, -0.15) is 0 Å². The molecule has 0 spiro atoms. The Labute approximate surface area is 113 Å². The average molecular weight is 266 g/mol. The minimum atomic E-state index is -0.120. The third-order valence-electron chi connectivity index (χ3n) is 2.89. The Morgan fingerprint density at radius 2 is 2.22 bits per heavy atom. The van der Waals surface area contributed by atoms with Crippen molar-refractivity contribution in [3.8, 4) is 5.75 Å². The van der Waals surface area contributed by atoms with E-state index in [-0.39, 0.29) is 6.10 Å². The predicted octanol–water partition coefficient (Wildman–Crippen LogP) is 1.05. The lowest BCUT2D eigenvalue weighted by atomic mass is 10.2. The zero-order valence-corrected chi connectivity index (χ0v) is 11.1. The van der Waals surface area contributed by atoms with E-state index in [1.165, 1.54) is 0 Å². The highest BCUT2D eigenvalue weighted by Gasteiger charge is 2.21. The van der Waals surface area contributed by atoms with Crippen LogP contribution in [-0.2, 0) is 4.74 Å². The Morgan fingerprint density at radius 3 is 2.94 bits per heavy atom. The third-order valence-corrected chi connectivity index (χ3v) is 3.15. The van der Waals surface area contributed by atoms with E-state index in [1.807, 2.05) is 30.3 Å². The maximum atomic E-state index is 5.66. The van der Waals surface area contributed by atoms with Crippen molar-refractivity contribution in [2.45, 2.75) is 6.10 Å². The van der Waals surface area contributed by atoms with Gasteiger partial charge in [0.25, 0.3) is 0 Å². The van der Waals surface area contributed by atoms with Crippen LogP contribution in [0.1, 0.15) is 0 Å². The van der Waals surface area contributed by atoms with Crippen LogP contribution in [0.4, 0.5) is 0 Å². The van der Waals surface area contributed by atoms with Crippen molar-refractivity contribution in [1.29, 1.82) is 0 Å². The summed E-state index contributed by atoms with van der Waals surface area (Å²) in [4.78, 5) is 2.69. The molecule has 0 saturated carbocycles. The Bertz CT molecular complexity index is 386. The van der Waals surface area contributed by atoms with Crippen molar-refractivity contribution in [3.05, 3.63) is 30.3 Å². The number of hydrogen-bond donors (Lipinski definition) is 1. The van der Waals surface area contributed by atoms with E-state index in [4.69, 9.17) is 27.4 Å². The summed E-state index contributed by atoms with van der Waals surface area (Å²) in [5.74, 6) is 0.900. The zero-order valence-electron chi connectivity index (χ0n) is 10.2. The van der Waals surface area contributed by atoms with E-state index in [0.29, 0.717) is 18.2 Å². The molecule has 98 valence electrons. The molecule has 0 bridgehead atoms. The smallest absolute Gasteiger partial charge is 0.120 e. The highest BCUT2D eigenvalue weighted by molar-refractivity contribution is 7.80. The number of ether oxygens (including phenoxy) is 2. The first-order valence-electron chi connectivity index (χ1n) is 6.07. The van der Waals surface area contributed by atoms with Gasteiger partial charge in [0, 0.05) is 19.6 Å². The Hall–Kier alpha value is -1.17. The Balaban J connectivity index is 1.72. The second-order valence-corrected chi connectivity index (χ2v) is 4.70. The molecular formula is C13H18N2O2S. The van der Waals surface area contributed by atoms with Crippen LogP contribution in [0.5, 0.6) is 5.75 Å². The molecule has 1 fully saturated rings. The van der Waals surface area contributed by atoms with E-state index < -0.39 is 0 Å². The molecular weight excluding hydrogens is 248 g/mol. The first-order chi connectivity index (χ1) is 8.75. The molecule has 1 atom stereocenters. The van der Waals surface area contributed by atoms with Gasteiger partial charge in [0.1, 0.15) is 23.4 Å². The van der Waals surface area contributed by atoms with E-state index in [0.717, 1.165) is 25.4 Å². The Kier molecular flexibility index (Phi) is 4.92. The average Bonchev–Trinajstić information content (AvgIpc) is 2.40. The molecule has 1 unspecified atom stereocenters. The highest BCUT2D eigenvalue weighted by atomic mass is 32.1. The molecule has 1 heterocycles. The van der Waals surface area contributed by atoms with Crippen LogP contribution in [-0.4, -0.2) is 48.8 Å². The minimum absolute atomic E-state index is 0.120. The van der Waals surface area contributed by atoms with E-state index in [9.17, 15) is 0 Å². The monoisotopic (exact) mass is 266 g/mol. The first-order valence-corrected chi connectivity index (χ1v) is 6.47. The molecule has 1 aliphatic heterocycles. The van der Waals surface area contributed by atoms with Crippen LogP contribution in [0.3, 0.4) is 0 Å². The van der Waals surface area contributed by atoms with Gasteiger partial charge >= 0.3 is 0 Å². The number of nitrogens with zero attached hydrogens (tertiary/aromatic N) is 1. The van der Waals surface area contributed by atoms with Crippen molar-refractivity contribution in [1.82, 2.24) is 4.90 Å². The fraction of sp³-hybridized carbons (Fsp3) is 0.462. The van der Waals surface area contributed by atoms with E-state index in [1.54, 1.807) is 0 Å². The Morgan fingerprint density at radius 1 is 1.44 bits per heavy atom. The van der Waals surface area contributed by atoms with Gasteiger partial charge < -0.3 is 15.2 Å². The predicted molar refractivity (Wildman–Crippen MR) is 74.9 cm³/mol. The highest BCUT2D eigenvalue weighted by Crippen LogP contribution is 2.09. The number of thiocarbonyl (C=S) groups is 1. The van der Waals surface area contributed by atoms with E-state index >= 15 is 0 Å². The maximum absolute atomic E-state index is 5.66. The van der Waals surface area contributed by atoms with Crippen molar-refractivity contribution < 1.29 is 9.47 Å². The topological polar surface area (TPSA) is 47.7 Å². The molecule has 0 aliphatic carbocycles. The van der Waals surface area contributed by atoms with Crippen molar-refractivity contribution in [2.24, 2.45) is 5.73 Å². The van der Waals surface area contributed by atoms with Gasteiger partial charge in [-0.15, -0.1) is 0 Å². The summed E-state index contributed by atoms with van der Waals surface area (Å²) < 4.78 is 11.1. The van der Waals surface area contributed by atoms with Crippen LogP contribution in [0.15, 0.2) is 30.3 Å². The maximum Gasteiger partial charge on any atom is 0.120 e. The summed E-state index contributed by atoms with van der Waals surface area (Å²) in [6, 6.07) is 9.82. The van der Waals surface area contributed by atoms with Crippen molar-refractivity contribution in [2.75, 3.05) is 32.8 Å². The summed E-state index contributed by atoms with van der Waals surface area (Å²) >= 11 is 4.95. The van der Waals surface area contributed by atoms with Gasteiger partial charge in [-0.25, -0.2) is 0 Å². The molecule has 1 aromatic carbocycles. The normalized spacial score (nSPS) is 20.6. The summed E-state index contributed by atoms with van der Waals surface area (Å²) in [6.07, 6.45) is -0.120. The molecule has 0 amide bonds.